The maximum atomic E-state index is 12.2. The zero-order valence-corrected chi connectivity index (χ0v) is 11.8. The molecule has 1 amide bonds. The first-order valence-corrected chi connectivity index (χ1v) is 6.68. The van der Waals surface area contributed by atoms with Crippen molar-refractivity contribution in [1.82, 2.24) is 0 Å². The summed E-state index contributed by atoms with van der Waals surface area (Å²) in [4.78, 5) is 13.8. The van der Waals surface area contributed by atoms with Gasteiger partial charge in [-0.25, -0.2) is 0 Å². The molecule has 21 heavy (non-hydrogen) atoms. The van der Waals surface area contributed by atoms with Gasteiger partial charge in [-0.1, -0.05) is 6.07 Å². The molecule has 0 aliphatic rings. The minimum atomic E-state index is -0.181. The van der Waals surface area contributed by atoms with Crippen LogP contribution in [-0.2, 0) is 4.79 Å². The summed E-state index contributed by atoms with van der Waals surface area (Å²) >= 11 is 0. The molecule has 0 fully saturated rings. The topological polar surface area (TPSA) is 75.8 Å². The number of nitrogens with zero attached hydrogens (tertiary/aromatic N) is 1. The van der Waals surface area contributed by atoms with Gasteiger partial charge in [-0.05, 0) is 43.3 Å². The summed E-state index contributed by atoms with van der Waals surface area (Å²) in [5.41, 5.74) is 6.87. The number of ether oxygens (including phenoxy) is 1. The number of nitrogen functional groups attached to an aromatic ring is 1. The van der Waals surface area contributed by atoms with Gasteiger partial charge < -0.3 is 20.5 Å². The molecule has 0 bridgehead atoms. The molecule has 0 spiro atoms. The van der Waals surface area contributed by atoms with Gasteiger partial charge in [0, 0.05) is 24.0 Å². The van der Waals surface area contributed by atoms with Crippen LogP contribution in [0.15, 0.2) is 48.5 Å². The number of rotatable bonds is 5. The van der Waals surface area contributed by atoms with Gasteiger partial charge in [-0.15, -0.1) is 0 Å². The van der Waals surface area contributed by atoms with Crippen molar-refractivity contribution < 1.29 is 14.6 Å². The van der Waals surface area contributed by atoms with Gasteiger partial charge >= 0.3 is 0 Å². The fraction of sp³-hybridized carbons (Fsp3) is 0.188. The van der Waals surface area contributed by atoms with Crippen LogP contribution in [0.2, 0.25) is 0 Å². The van der Waals surface area contributed by atoms with E-state index in [2.05, 4.69) is 0 Å². The van der Waals surface area contributed by atoms with Crippen molar-refractivity contribution in [1.29, 1.82) is 0 Å². The zero-order chi connectivity index (χ0) is 15.2. The quantitative estimate of drug-likeness (QED) is 0.828. The van der Waals surface area contributed by atoms with Crippen LogP contribution >= 0.6 is 0 Å². The van der Waals surface area contributed by atoms with Crippen molar-refractivity contribution in [2.45, 2.75) is 6.92 Å². The van der Waals surface area contributed by atoms with Crippen LogP contribution in [0, 0.1) is 0 Å². The van der Waals surface area contributed by atoms with Crippen molar-refractivity contribution in [3.8, 4) is 11.5 Å². The number of hydrogen-bond acceptors (Lipinski definition) is 4. The first-order valence-electron chi connectivity index (χ1n) is 6.68. The Morgan fingerprint density at radius 3 is 2.57 bits per heavy atom. The van der Waals surface area contributed by atoms with Gasteiger partial charge in [0.05, 0.1) is 0 Å². The predicted octanol–water partition coefficient (Wildman–Crippen LogP) is 2.41. The SMILES string of the molecule is CCN(C(=O)COc1ccc(N)cc1)c1cccc(O)c1. The number of anilines is 2. The molecule has 0 aliphatic carbocycles. The molecule has 0 aliphatic heterocycles. The molecular formula is C16H18N2O3. The van der Waals surface area contributed by atoms with E-state index >= 15 is 0 Å². The van der Waals surface area contributed by atoms with Crippen molar-refractivity contribution in [2.24, 2.45) is 0 Å². The van der Waals surface area contributed by atoms with E-state index in [1.165, 1.54) is 0 Å². The van der Waals surface area contributed by atoms with Crippen LogP contribution in [0.3, 0.4) is 0 Å². The Bertz CT molecular complexity index is 611. The van der Waals surface area contributed by atoms with E-state index in [0.29, 0.717) is 23.7 Å². The number of amides is 1. The van der Waals surface area contributed by atoms with E-state index in [4.69, 9.17) is 10.5 Å². The molecule has 2 aromatic carbocycles. The Kier molecular flexibility index (Phi) is 4.66. The van der Waals surface area contributed by atoms with Crippen molar-refractivity contribution in [3.63, 3.8) is 0 Å². The number of phenols is 1. The number of carbonyl (C=O) groups excluding carboxylic acids is 1. The normalized spacial score (nSPS) is 10.1. The van der Waals surface area contributed by atoms with Crippen LogP contribution in [0.25, 0.3) is 0 Å². The largest absolute Gasteiger partial charge is 0.508 e. The van der Waals surface area contributed by atoms with Crippen LogP contribution in [0.1, 0.15) is 6.92 Å². The number of aromatic hydroxyl groups is 1. The van der Waals surface area contributed by atoms with E-state index in [1.807, 2.05) is 6.92 Å². The standard InChI is InChI=1S/C16H18N2O3/c1-2-18(13-4-3-5-14(19)10-13)16(20)11-21-15-8-6-12(17)7-9-15/h3-10,19H,2,11,17H2,1H3. The highest BCUT2D eigenvalue weighted by atomic mass is 16.5. The molecule has 0 saturated heterocycles. The molecule has 0 saturated carbocycles. The molecule has 0 aromatic heterocycles. The molecule has 2 aromatic rings. The minimum Gasteiger partial charge on any atom is -0.508 e. The Morgan fingerprint density at radius 1 is 1.24 bits per heavy atom. The van der Waals surface area contributed by atoms with Gasteiger partial charge in [0.2, 0.25) is 0 Å². The van der Waals surface area contributed by atoms with E-state index in [0.717, 1.165) is 0 Å². The second-order valence-corrected chi connectivity index (χ2v) is 4.52. The Hall–Kier alpha value is -2.69. The second kappa shape index (κ2) is 6.65. The van der Waals surface area contributed by atoms with Gasteiger partial charge in [0.1, 0.15) is 11.5 Å². The highest BCUT2D eigenvalue weighted by molar-refractivity contribution is 5.94. The summed E-state index contributed by atoms with van der Waals surface area (Å²) in [6, 6.07) is 13.4. The lowest BCUT2D eigenvalue weighted by molar-refractivity contribution is -0.120. The fourth-order valence-electron chi connectivity index (χ4n) is 1.95. The smallest absolute Gasteiger partial charge is 0.264 e. The Morgan fingerprint density at radius 2 is 1.95 bits per heavy atom. The monoisotopic (exact) mass is 286 g/mol. The number of hydrogen-bond donors (Lipinski definition) is 2. The van der Waals surface area contributed by atoms with Gasteiger partial charge in [0.25, 0.3) is 5.91 Å². The summed E-state index contributed by atoms with van der Waals surface area (Å²) in [7, 11) is 0. The molecule has 0 atom stereocenters. The van der Waals surface area contributed by atoms with Crippen molar-refractivity contribution >= 4 is 17.3 Å². The average Bonchev–Trinajstić information content (AvgIpc) is 2.47. The lowest BCUT2D eigenvalue weighted by Gasteiger charge is -2.21. The average molecular weight is 286 g/mol. The maximum absolute atomic E-state index is 12.2. The van der Waals surface area contributed by atoms with E-state index in [1.54, 1.807) is 53.4 Å². The van der Waals surface area contributed by atoms with Gasteiger partial charge in [-0.3, -0.25) is 4.79 Å². The molecule has 5 nitrogen and oxygen atoms in total. The number of benzene rings is 2. The highest BCUT2D eigenvalue weighted by Gasteiger charge is 2.14. The summed E-state index contributed by atoms with van der Waals surface area (Å²) < 4.78 is 5.45. The first kappa shape index (κ1) is 14.7. The van der Waals surface area contributed by atoms with E-state index < -0.39 is 0 Å². The lowest BCUT2D eigenvalue weighted by Crippen LogP contribution is -2.34. The second-order valence-electron chi connectivity index (χ2n) is 4.52. The number of likely N-dealkylation sites (N-methyl/N-ethyl adjacent to an activating group) is 1. The third-order valence-corrected chi connectivity index (χ3v) is 3.00. The molecule has 2 rings (SSSR count). The Labute approximate surface area is 123 Å². The van der Waals surface area contributed by atoms with E-state index in [9.17, 15) is 9.90 Å². The van der Waals surface area contributed by atoms with E-state index in [-0.39, 0.29) is 18.3 Å². The summed E-state index contributed by atoms with van der Waals surface area (Å²) in [6.07, 6.45) is 0. The first-order chi connectivity index (χ1) is 10.1. The van der Waals surface area contributed by atoms with Crippen LogP contribution in [0.4, 0.5) is 11.4 Å². The highest BCUT2D eigenvalue weighted by Crippen LogP contribution is 2.20. The maximum Gasteiger partial charge on any atom is 0.264 e. The van der Waals surface area contributed by atoms with Crippen LogP contribution < -0.4 is 15.4 Å². The molecular weight excluding hydrogens is 268 g/mol. The number of nitrogens with two attached hydrogens (primary N) is 1. The number of phenolic OH excluding ortho intramolecular Hbond substituents is 1. The minimum absolute atomic E-state index is 0.0760. The number of carbonyl (C=O) groups is 1. The zero-order valence-electron chi connectivity index (χ0n) is 11.8. The predicted molar refractivity (Wildman–Crippen MR) is 82.5 cm³/mol. The van der Waals surface area contributed by atoms with Gasteiger partial charge in [-0.2, -0.15) is 0 Å². The Balaban J connectivity index is 2.02. The van der Waals surface area contributed by atoms with Gasteiger partial charge in [0.15, 0.2) is 6.61 Å². The van der Waals surface area contributed by atoms with Crippen LogP contribution in [0.5, 0.6) is 11.5 Å². The van der Waals surface area contributed by atoms with Crippen molar-refractivity contribution in [2.75, 3.05) is 23.8 Å². The summed E-state index contributed by atoms with van der Waals surface area (Å²) in [5, 5.41) is 9.49. The van der Waals surface area contributed by atoms with Crippen molar-refractivity contribution in [3.05, 3.63) is 48.5 Å². The molecule has 0 heterocycles. The van der Waals surface area contributed by atoms with Crippen LogP contribution in [-0.4, -0.2) is 24.2 Å². The molecule has 0 radical (unpaired) electrons. The third kappa shape index (κ3) is 3.89. The lowest BCUT2D eigenvalue weighted by atomic mass is 10.2. The molecule has 110 valence electrons. The molecule has 5 heteroatoms. The fourth-order valence-corrected chi connectivity index (χ4v) is 1.95. The third-order valence-electron chi connectivity index (χ3n) is 3.00. The molecule has 3 N–H and O–H groups in total. The summed E-state index contributed by atoms with van der Waals surface area (Å²) in [6.45, 7) is 2.28. The summed E-state index contributed by atoms with van der Waals surface area (Å²) in [5.74, 6) is 0.530. The molecule has 0 unspecified atom stereocenters.